The van der Waals surface area contributed by atoms with Crippen LogP contribution in [0.4, 0.5) is 5.00 Å². The van der Waals surface area contributed by atoms with E-state index in [-0.39, 0.29) is 29.4 Å². The lowest BCUT2D eigenvalue weighted by Crippen LogP contribution is -2.43. The SMILES string of the molecule is C=CCOc1ccc(C2CC(=O)N(c3sc4c(c3C#N)CCCC4)C3=C2C(=O)CC(C)(C)C3)cc1. The Bertz CT molecular complexity index is 1280. The molecule has 2 heterocycles. The Morgan fingerprint density at radius 1 is 1.20 bits per heavy atom. The van der Waals surface area contributed by atoms with Gasteiger partial charge in [-0.2, -0.15) is 5.26 Å². The number of ether oxygens (including phenoxy) is 1. The van der Waals surface area contributed by atoms with Crippen molar-refractivity contribution in [2.75, 3.05) is 11.5 Å². The number of hydrogen-bond acceptors (Lipinski definition) is 5. The molecule has 1 unspecified atom stereocenters. The predicted molar refractivity (Wildman–Crippen MR) is 138 cm³/mol. The van der Waals surface area contributed by atoms with Gasteiger partial charge in [-0.15, -0.1) is 11.3 Å². The summed E-state index contributed by atoms with van der Waals surface area (Å²) < 4.78 is 5.61. The lowest BCUT2D eigenvalue weighted by molar-refractivity contribution is -0.120. The minimum Gasteiger partial charge on any atom is -0.490 e. The smallest absolute Gasteiger partial charge is 0.232 e. The Labute approximate surface area is 210 Å². The fourth-order valence-corrected chi connectivity index (χ4v) is 7.09. The third-order valence-electron chi connectivity index (χ3n) is 7.26. The second-order valence-electron chi connectivity index (χ2n) is 10.5. The number of Topliss-reactive ketones (excluding diaryl/α,β-unsaturated/α-hetero) is 1. The Hall–Kier alpha value is -3.17. The molecule has 0 saturated heterocycles. The van der Waals surface area contributed by atoms with Crippen molar-refractivity contribution in [3.05, 3.63) is 69.8 Å². The fraction of sp³-hybridized carbons (Fsp3) is 0.414. The summed E-state index contributed by atoms with van der Waals surface area (Å²) in [5.41, 5.74) is 3.95. The van der Waals surface area contributed by atoms with Gasteiger partial charge < -0.3 is 4.74 Å². The maximum Gasteiger partial charge on any atom is 0.232 e. The quantitative estimate of drug-likeness (QED) is 0.470. The first-order chi connectivity index (χ1) is 16.8. The summed E-state index contributed by atoms with van der Waals surface area (Å²) in [6.07, 6.45) is 7.01. The number of aryl methyl sites for hydroxylation is 1. The van der Waals surface area contributed by atoms with Crippen molar-refractivity contribution in [3.8, 4) is 11.8 Å². The van der Waals surface area contributed by atoms with Crippen LogP contribution >= 0.6 is 11.3 Å². The number of benzene rings is 1. The van der Waals surface area contributed by atoms with Gasteiger partial charge in [0.15, 0.2) is 5.78 Å². The van der Waals surface area contributed by atoms with E-state index < -0.39 is 0 Å². The van der Waals surface area contributed by atoms with Crippen molar-refractivity contribution < 1.29 is 14.3 Å². The van der Waals surface area contributed by atoms with E-state index in [2.05, 4.69) is 26.5 Å². The molecule has 1 amide bonds. The van der Waals surface area contributed by atoms with Gasteiger partial charge in [-0.3, -0.25) is 14.5 Å². The van der Waals surface area contributed by atoms with Crippen molar-refractivity contribution in [1.82, 2.24) is 0 Å². The second-order valence-corrected chi connectivity index (χ2v) is 11.5. The first kappa shape index (κ1) is 23.6. The summed E-state index contributed by atoms with van der Waals surface area (Å²) >= 11 is 1.57. The Kier molecular flexibility index (Phi) is 6.14. The molecule has 3 aliphatic rings. The molecule has 0 saturated carbocycles. The molecule has 0 fully saturated rings. The molecule has 1 aliphatic heterocycles. The molecule has 2 aromatic rings. The molecule has 5 nitrogen and oxygen atoms in total. The highest BCUT2D eigenvalue weighted by atomic mass is 32.1. The molecule has 1 aromatic heterocycles. The molecule has 2 aliphatic carbocycles. The van der Waals surface area contributed by atoms with E-state index in [0.717, 1.165) is 53.8 Å². The van der Waals surface area contributed by atoms with E-state index in [4.69, 9.17) is 4.74 Å². The van der Waals surface area contributed by atoms with Crippen LogP contribution in [0.2, 0.25) is 0 Å². The first-order valence-corrected chi connectivity index (χ1v) is 13.1. The van der Waals surface area contributed by atoms with Gasteiger partial charge >= 0.3 is 0 Å². The number of carbonyl (C=O) groups excluding carboxylic acids is 2. The highest BCUT2D eigenvalue weighted by molar-refractivity contribution is 7.16. The normalized spacial score (nSPS) is 21.3. The fourth-order valence-electron chi connectivity index (χ4n) is 5.71. The van der Waals surface area contributed by atoms with Crippen LogP contribution in [-0.2, 0) is 22.4 Å². The summed E-state index contributed by atoms with van der Waals surface area (Å²) in [6.45, 7) is 8.26. The van der Waals surface area contributed by atoms with Crippen LogP contribution in [0.5, 0.6) is 5.75 Å². The zero-order valence-corrected chi connectivity index (χ0v) is 21.2. The van der Waals surface area contributed by atoms with Crippen LogP contribution in [0.25, 0.3) is 0 Å². The lowest BCUT2D eigenvalue weighted by atomic mass is 9.69. The minimum absolute atomic E-state index is 0.0404. The van der Waals surface area contributed by atoms with Gasteiger partial charge in [-0.25, -0.2) is 0 Å². The van der Waals surface area contributed by atoms with E-state index in [1.165, 1.54) is 4.88 Å². The van der Waals surface area contributed by atoms with Gasteiger partial charge in [0.2, 0.25) is 5.91 Å². The number of carbonyl (C=O) groups is 2. The maximum absolute atomic E-state index is 13.8. The molecule has 1 aromatic carbocycles. The van der Waals surface area contributed by atoms with Crippen molar-refractivity contribution in [3.63, 3.8) is 0 Å². The lowest BCUT2D eigenvalue weighted by Gasteiger charge is -2.42. The van der Waals surface area contributed by atoms with Crippen molar-refractivity contribution in [2.45, 2.75) is 64.7 Å². The predicted octanol–water partition coefficient (Wildman–Crippen LogP) is 6.23. The maximum atomic E-state index is 13.8. The van der Waals surface area contributed by atoms with Gasteiger partial charge in [-0.1, -0.05) is 38.6 Å². The molecule has 6 heteroatoms. The number of rotatable bonds is 5. The Balaban J connectivity index is 1.62. The van der Waals surface area contributed by atoms with Gasteiger partial charge in [0, 0.05) is 34.9 Å². The summed E-state index contributed by atoms with van der Waals surface area (Å²) in [6, 6.07) is 10.1. The van der Waals surface area contributed by atoms with Crippen LogP contribution in [0.1, 0.15) is 73.4 Å². The Morgan fingerprint density at radius 3 is 2.66 bits per heavy atom. The van der Waals surface area contributed by atoms with E-state index in [1.54, 1.807) is 22.3 Å². The highest BCUT2D eigenvalue weighted by Crippen LogP contribution is 2.51. The third-order valence-corrected chi connectivity index (χ3v) is 8.54. The first-order valence-electron chi connectivity index (χ1n) is 12.3. The van der Waals surface area contributed by atoms with Gasteiger partial charge in [0.1, 0.15) is 23.4 Å². The molecular formula is C29H30N2O3S. The van der Waals surface area contributed by atoms with Gasteiger partial charge in [0.05, 0.1) is 5.56 Å². The zero-order chi connectivity index (χ0) is 24.7. The molecule has 0 N–H and O–H groups in total. The van der Waals surface area contributed by atoms with Crippen LogP contribution in [0, 0.1) is 16.7 Å². The largest absolute Gasteiger partial charge is 0.490 e. The molecular weight excluding hydrogens is 456 g/mol. The number of nitrogens with zero attached hydrogens (tertiary/aromatic N) is 2. The average molecular weight is 487 g/mol. The monoisotopic (exact) mass is 486 g/mol. The molecule has 0 radical (unpaired) electrons. The number of ketones is 1. The van der Waals surface area contributed by atoms with Crippen molar-refractivity contribution >= 4 is 28.0 Å². The average Bonchev–Trinajstić information content (AvgIpc) is 3.19. The number of fused-ring (bicyclic) bond motifs is 1. The van der Waals surface area contributed by atoms with Crippen molar-refractivity contribution in [1.29, 1.82) is 5.26 Å². The van der Waals surface area contributed by atoms with E-state index >= 15 is 0 Å². The summed E-state index contributed by atoms with van der Waals surface area (Å²) in [5.74, 6) is 0.503. The van der Waals surface area contributed by atoms with Gasteiger partial charge in [0.25, 0.3) is 0 Å². The van der Waals surface area contributed by atoms with Crippen LogP contribution in [0.3, 0.4) is 0 Å². The second kappa shape index (κ2) is 9.13. The topological polar surface area (TPSA) is 70.4 Å². The summed E-state index contributed by atoms with van der Waals surface area (Å²) in [5, 5.41) is 10.8. The Morgan fingerprint density at radius 2 is 1.94 bits per heavy atom. The number of anilines is 1. The summed E-state index contributed by atoms with van der Waals surface area (Å²) in [4.78, 5) is 30.3. The van der Waals surface area contributed by atoms with E-state index in [9.17, 15) is 14.9 Å². The number of thiophene rings is 1. The molecule has 1 atom stereocenters. The highest BCUT2D eigenvalue weighted by Gasteiger charge is 2.45. The van der Waals surface area contributed by atoms with Gasteiger partial charge in [-0.05, 0) is 60.8 Å². The number of nitriles is 1. The third kappa shape index (κ3) is 4.23. The molecule has 35 heavy (non-hydrogen) atoms. The zero-order valence-electron chi connectivity index (χ0n) is 20.4. The van der Waals surface area contributed by atoms with Crippen LogP contribution < -0.4 is 9.64 Å². The minimum atomic E-state index is -0.286. The number of allylic oxidation sites excluding steroid dienone is 2. The molecule has 0 spiro atoms. The molecule has 180 valence electrons. The van der Waals surface area contributed by atoms with E-state index in [1.807, 2.05) is 24.3 Å². The number of hydrogen-bond donors (Lipinski definition) is 0. The van der Waals surface area contributed by atoms with Crippen molar-refractivity contribution in [2.24, 2.45) is 5.41 Å². The standard InChI is InChI=1S/C29H30N2O3S/c1-4-13-34-19-11-9-18(10-12-19)21-14-26(33)31(23-15-29(2,3)16-24(32)27(21)23)28-22(17-30)20-7-5-6-8-25(20)35-28/h4,9-12,21H,1,5-8,13-16H2,2-3H3. The van der Waals surface area contributed by atoms with E-state index in [0.29, 0.717) is 30.0 Å². The van der Waals surface area contributed by atoms with Crippen LogP contribution in [-0.4, -0.2) is 18.3 Å². The van der Waals surface area contributed by atoms with Crippen LogP contribution in [0.15, 0.2) is 48.2 Å². The number of amides is 1. The summed E-state index contributed by atoms with van der Waals surface area (Å²) in [7, 11) is 0. The molecule has 0 bridgehead atoms. The molecule has 5 rings (SSSR count).